The van der Waals surface area contributed by atoms with Gasteiger partial charge >= 0.3 is 0 Å². The minimum Gasteiger partial charge on any atom is -0.388 e. The number of nitrogens with zero attached hydrogens (tertiary/aromatic N) is 1. The summed E-state index contributed by atoms with van der Waals surface area (Å²) in [6, 6.07) is 5.02. The van der Waals surface area contributed by atoms with Gasteiger partial charge in [0.1, 0.15) is 6.29 Å². The lowest BCUT2D eigenvalue weighted by atomic mass is 10.1. The smallest absolute Gasteiger partial charge is 0.261 e. The fraction of sp³-hybridized carbons (Fsp3) is 0.250. The first-order valence-corrected chi connectivity index (χ1v) is 5.30. The molecule has 0 atom stereocenters. The van der Waals surface area contributed by atoms with Crippen LogP contribution in [0.4, 0.5) is 5.69 Å². The number of amides is 2. The largest absolute Gasteiger partial charge is 0.388 e. The van der Waals surface area contributed by atoms with Crippen LogP contribution in [-0.2, 0) is 4.79 Å². The number of aldehydes is 1. The number of benzene rings is 1. The highest BCUT2D eigenvalue weighted by molar-refractivity contribution is 6.21. The quantitative estimate of drug-likeness (QED) is 0.619. The van der Waals surface area contributed by atoms with Crippen LogP contribution < -0.4 is 5.32 Å². The van der Waals surface area contributed by atoms with E-state index in [4.69, 9.17) is 0 Å². The van der Waals surface area contributed by atoms with Crippen LogP contribution in [-0.4, -0.2) is 36.6 Å². The molecule has 1 aliphatic heterocycles. The topological polar surface area (TPSA) is 66.5 Å². The molecule has 0 saturated carbocycles. The van der Waals surface area contributed by atoms with Gasteiger partial charge in [0.05, 0.1) is 11.1 Å². The number of carbonyl (C=O) groups excluding carboxylic acids is 3. The summed E-state index contributed by atoms with van der Waals surface area (Å²) < 4.78 is 0. The van der Waals surface area contributed by atoms with E-state index >= 15 is 0 Å². The summed E-state index contributed by atoms with van der Waals surface area (Å²) in [5.41, 5.74) is 1.58. The Labute approximate surface area is 98.4 Å². The van der Waals surface area contributed by atoms with Gasteiger partial charge in [-0.2, -0.15) is 0 Å². The van der Waals surface area contributed by atoms with E-state index in [-0.39, 0.29) is 24.8 Å². The summed E-state index contributed by atoms with van der Waals surface area (Å²) in [7, 11) is 1.74. The van der Waals surface area contributed by atoms with Crippen LogP contribution in [0.15, 0.2) is 18.2 Å². The number of fused-ring (bicyclic) bond motifs is 1. The third-order valence-corrected chi connectivity index (χ3v) is 2.73. The first-order valence-electron chi connectivity index (χ1n) is 5.30. The summed E-state index contributed by atoms with van der Waals surface area (Å²) in [4.78, 5) is 35.2. The van der Waals surface area contributed by atoms with Crippen molar-refractivity contribution in [2.75, 3.05) is 18.9 Å². The zero-order chi connectivity index (χ0) is 12.4. The zero-order valence-electron chi connectivity index (χ0n) is 9.40. The molecule has 88 valence electrons. The van der Waals surface area contributed by atoms with Gasteiger partial charge in [-0.3, -0.25) is 14.5 Å². The van der Waals surface area contributed by atoms with Crippen molar-refractivity contribution in [3.05, 3.63) is 29.3 Å². The van der Waals surface area contributed by atoms with E-state index in [1.165, 1.54) is 0 Å². The first-order chi connectivity index (χ1) is 8.19. The monoisotopic (exact) mass is 232 g/mol. The molecule has 1 aliphatic rings. The van der Waals surface area contributed by atoms with Crippen LogP contribution in [0.25, 0.3) is 0 Å². The SMILES string of the molecule is CNc1ccc2c(c1)C(=O)N(CCC=O)C2=O. The van der Waals surface area contributed by atoms with E-state index in [2.05, 4.69) is 5.32 Å². The van der Waals surface area contributed by atoms with Gasteiger partial charge in [-0.15, -0.1) is 0 Å². The Morgan fingerprint density at radius 2 is 1.94 bits per heavy atom. The lowest BCUT2D eigenvalue weighted by molar-refractivity contribution is -0.107. The number of carbonyl (C=O) groups is 3. The van der Waals surface area contributed by atoms with Crippen LogP contribution in [0.2, 0.25) is 0 Å². The van der Waals surface area contributed by atoms with Crippen LogP contribution in [0.5, 0.6) is 0 Å². The van der Waals surface area contributed by atoms with Crippen molar-refractivity contribution in [3.63, 3.8) is 0 Å². The van der Waals surface area contributed by atoms with Gasteiger partial charge in [-0.25, -0.2) is 0 Å². The fourth-order valence-corrected chi connectivity index (χ4v) is 1.83. The molecule has 0 bridgehead atoms. The predicted molar refractivity (Wildman–Crippen MR) is 62.0 cm³/mol. The van der Waals surface area contributed by atoms with Crippen molar-refractivity contribution < 1.29 is 14.4 Å². The van der Waals surface area contributed by atoms with E-state index in [1.54, 1.807) is 25.2 Å². The molecule has 0 radical (unpaired) electrons. The highest BCUT2D eigenvalue weighted by Crippen LogP contribution is 2.25. The van der Waals surface area contributed by atoms with E-state index < -0.39 is 0 Å². The Balaban J connectivity index is 2.35. The van der Waals surface area contributed by atoms with Gasteiger partial charge in [-0.1, -0.05) is 0 Å². The maximum absolute atomic E-state index is 11.9. The lowest BCUT2D eigenvalue weighted by Crippen LogP contribution is -2.30. The molecule has 2 amide bonds. The standard InChI is InChI=1S/C12H12N2O3/c1-13-8-3-4-9-10(7-8)12(17)14(11(9)16)5-2-6-15/h3-4,6-7,13H,2,5H2,1H3. The Hall–Kier alpha value is -2.17. The zero-order valence-corrected chi connectivity index (χ0v) is 9.40. The molecule has 0 fully saturated rings. The Morgan fingerprint density at radius 1 is 1.24 bits per heavy atom. The molecule has 5 nitrogen and oxygen atoms in total. The molecule has 0 spiro atoms. The van der Waals surface area contributed by atoms with E-state index in [1.807, 2.05) is 0 Å². The highest BCUT2D eigenvalue weighted by Gasteiger charge is 2.34. The van der Waals surface area contributed by atoms with Crippen LogP contribution >= 0.6 is 0 Å². The third-order valence-electron chi connectivity index (χ3n) is 2.73. The molecule has 0 saturated heterocycles. The van der Waals surface area contributed by atoms with Crippen molar-refractivity contribution in [2.45, 2.75) is 6.42 Å². The van der Waals surface area contributed by atoms with Gasteiger partial charge in [0.2, 0.25) is 0 Å². The van der Waals surface area contributed by atoms with Crippen molar-refractivity contribution >= 4 is 23.8 Å². The highest BCUT2D eigenvalue weighted by atomic mass is 16.2. The molecule has 0 unspecified atom stereocenters. The van der Waals surface area contributed by atoms with Crippen LogP contribution in [0.3, 0.4) is 0 Å². The summed E-state index contributed by atoms with van der Waals surface area (Å²) in [5.74, 6) is -0.654. The molecule has 1 heterocycles. The molecule has 1 aromatic carbocycles. The molecule has 17 heavy (non-hydrogen) atoms. The van der Waals surface area contributed by atoms with Crippen molar-refractivity contribution in [1.29, 1.82) is 0 Å². The summed E-state index contributed by atoms with van der Waals surface area (Å²) in [5, 5.41) is 2.91. The Kier molecular flexibility index (Phi) is 2.91. The second kappa shape index (κ2) is 4.37. The molecular weight excluding hydrogens is 220 g/mol. The normalized spacial score (nSPS) is 13.8. The maximum atomic E-state index is 11.9. The second-order valence-corrected chi connectivity index (χ2v) is 3.73. The number of imide groups is 1. The third kappa shape index (κ3) is 1.80. The van der Waals surface area contributed by atoms with Crippen molar-refractivity contribution in [2.24, 2.45) is 0 Å². The predicted octanol–water partition coefficient (Wildman–Crippen LogP) is 0.913. The van der Waals surface area contributed by atoms with Gasteiger partial charge < -0.3 is 10.1 Å². The van der Waals surface area contributed by atoms with E-state index in [0.717, 1.165) is 10.6 Å². The summed E-state index contributed by atoms with van der Waals surface area (Å²) in [6.45, 7) is 0.144. The number of hydrogen-bond acceptors (Lipinski definition) is 4. The molecule has 0 aromatic heterocycles. The Morgan fingerprint density at radius 3 is 2.59 bits per heavy atom. The Bertz CT molecular complexity index is 497. The molecular formula is C12H12N2O3. The van der Waals surface area contributed by atoms with Gasteiger partial charge in [0.15, 0.2) is 0 Å². The number of rotatable bonds is 4. The number of anilines is 1. The van der Waals surface area contributed by atoms with E-state index in [0.29, 0.717) is 17.4 Å². The lowest BCUT2D eigenvalue weighted by Gasteiger charge is -2.10. The maximum Gasteiger partial charge on any atom is 0.261 e. The average Bonchev–Trinajstić information content (AvgIpc) is 2.59. The van der Waals surface area contributed by atoms with Crippen LogP contribution in [0.1, 0.15) is 27.1 Å². The van der Waals surface area contributed by atoms with Crippen LogP contribution in [0, 0.1) is 0 Å². The van der Waals surface area contributed by atoms with Crippen molar-refractivity contribution in [1.82, 2.24) is 4.90 Å². The molecule has 2 rings (SSSR count). The second-order valence-electron chi connectivity index (χ2n) is 3.73. The summed E-state index contributed by atoms with van der Waals surface area (Å²) >= 11 is 0. The average molecular weight is 232 g/mol. The minimum atomic E-state index is -0.330. The number of nitrogens with one attached hydrogen (secondary N) is 1. The summed E-state index contributed by atoms with van der Waals surface area (Å²) in [6.07, 6.45) is 0.868. The first kappa shape index (κ1) is 11.3. The van der Waals surface area contributed by atoms with Crippen molar-refractivity contribution in [3.8, 4) is 0 Å². The molecule has 1 N–H and O–H groups in total. The molecule has 5 heteroatoms. The molecule has 1 aromatic rings. The minimum absolute atomic E-state index is 0.144. The van der Waals surface area contributed by atoms with Gasteiger partial charge in [-0.05, 0) is 18.2 Å². The molecule has 0 aliphatic carbocycles. The van der Waals surface area contributed by atoms with E-state index in [9.17, 15) is 14.4 Å². The fourth-order valence-electron chi connectivity index (χ4n) is 1.83. The van der Waals surface area contributed by atoms with Gasteiger partial charge in [0.25, 0.3) is 11.8 Å². The number of hydrogen-bond donors (Lipinski definition) is 1. The van der Waals surface area contributed by atoms with Gasteiger partial charge in [0, 0.05) is 25.7 Å².